The normalized spacial score (nSPS) is 17.0. The van der Waals surface area contributed by atoms with Gasteiger partial charge in [0.1, 0.15) is 12.1 Å². The van der Waals surface area contributed by atoms with Gasteiger partial charge in [-0.2, -0.15) is 11.8 Å². The molecule has 0 bridgehead atoms. The van der Waals surface area contributed by atoms with Crippen molar-refractivity contribution in [3.8, 4) is 0 Å². The van der Waals surface area contributed by atoms with Gasteiger partial charge in [0.05, 0.1) is 6.04 Å². The molecule has 1 saturated heterocycles. The lowest BCUT2D eigenvalue weighted by Gasteiger charge is -2.36. The molecule has 308 valence electrons. The zero-order chi connectivity index (χ0) is 39.9. The summed E-state index contributed by atoms with van der Waals surface area (Å²) >= 11 is 1.90. The highest BCUT2D eigenvalue weighted by atomic mass is 32.2. The molecule has 0 radical (unpaired) electrons. The Morgan fingerprint density at radius 3 is 1.67 bits per heavy atom. The van der Waals surface area contributed by atoms with Gasteiger partial charge in [0.2, 0.25) is 17.7 Å². The second kappa shape index (κ2) is 26.1. The maximum absolute atomic E-state index is 14.4. The first-order chi connectivity index (χ1) is 26.6. The first kappa shape index (κ1) is 46.5. The summed E-state index contributed by atoms with van der Waals surface area (Å²) in [6, 6.07) is 18.7. The minimum atomic E-state index is -0.753. The Morgan fingerprint density at radius 1 is 0.745 bits per heavy atom. The monoisotopic (exact) mass is 777 g/mol. The molecule has 3 N–H and O–H groups in total. The number of nitrogens with one attached hydrogen (secondary N) is 3. The Morgan fingerprint density at radius 2 is 1.22 bits per heavy atom. The molecule has 0 spiro atoms. The maximum atomic E-state index is 14.4. The minimum absolute atomic E-state index is 0.0124. The predicted octanol–water partition coefficient (Wildman–Crippen LogP) is 10.0. The number of carbonyl (C=O) groups excluding carboxylic acids is 3. The molecule has 4 atom stereocenters. The van der Waals surface area contributed by atoms with E-state index in [4.69, 9.17) is 0 Å². The summed E-state index contributed by atoms with van der Waals surface area (Å²) in [6.45, 7) is 10.9. The minimum Gasteiger partial charge on any atom is -0.353 e. The molecule has 2 aromatic rings. The number of likely N-dealkylation sites (N-methyl/N-ethyl adjacent to an activating group) is 1. The van der Waals surface area contributed by atoms with Gasteiger partial charge in [0.25, 0.3) is 0 Å². The molecule has 1 aliphatic heterocycles. The molecule has 2 aromatic carbocycles. The van der Waals surface area contributed by atoms with E-state index in [9.17, 15) is 14.4 Å². The molecule has 8 heteroatoms. The van der Waals surface area contributed by atoms with Gasteiger partial charge in [0.15, 0.2) is 0 Å². The number of unbranched alkanes of at least 4 members (excludes halogenated alkanes) is 15. The SMILES string of the molecule is CCCCCCCCCCCCCCCCCCS[C@H]1C[C@@H](C(=O)NCC(c2ccccc2)c2ccccc2)N(C(=O)[C@@H](NC(=O)[C@H](C)NC)C(C)(C)C)C1. The van der Waals surface area contributed by atoms with Gasteiger partial charge in [-0.25, -0.2) is 0 Å². The molecule has 0 saturated carbocycles. The van der Waals surface area contributed by atoms with E-state index in [1.54, 1.807) is 18.9 Å². The molecule has 0 aromatic heterocycles. The average molecular weight is 777 g/mol. The van der Waals surface area contributed by atoms with Crippen LogP contribution in [0.15, 0.2) is 60.7 Å². The molecule has 55 heavy (non-hydrogen) atoms. The number of carbonyl (C=O) groups is 3. The van der Waals surface area contributed by atoms with Crippen LogP contribution >= 0.6 is 11.8 Å². The molecule has 3 rings (SSSR count). The second-order valence-corrected chi connectivity index (χ2v) is 18.4. The predicted molar refractivity (Wildman–Crippen MR) is 234 cm³/mol. The van der Waals surface area contributed by atoms with Crippen LogP contribution in [0, 0.1) is 5.41 Å². The molecule has 7 nitrogen and oxygen atoms in total. The summed E-state index contributed by atoms with van der Waals surface area (Å²) in [5, 5.41) is 9.43. The number of rotatable bonds is 27. The lowest BCUT2D eigenvalue weighted by Crippen LogP contribution is -2.59. The first-order valence-electron chi connectivity index (χ1n) is 21.8. The molecule has 0 aliphatic carbocycles. The fourth-order valence-electron chi connectivity index (χ4n) is 7.64. The van der Waals surface area contributed by atoms with Gasteiger partial charge >= 0.3 is 0 Å². The molecule has 1 fully saturated rings. The van der Waals surface area contributed by atoms with E-state index in [0.717, 1.165) is 23.3 Å². The van der Waals surface area contributed by atoms with Crippen LogP contribution in [0.3, 0.4) is 0 Å². The van der Waals surface area contributed by atoms with E-state index in [-0.39, 0.29) is 28.9 Å². The molecule has 1 aliphatic rings. The van der Waals surface area contributed by atoms with Crippen LogP contribution in [0.1, 0.15) is 161 Å². The second-order valence-electron chi connectivity index (χ2n) is 17.0. The summed E-state index contributed by atoms with van der Waals surface area (Å²) in [7, 11) is 1.73. The van der Waals surface area contributed by atoms with Gasteiger partial charge in [0, 0.05) is 24.3 Å². The quantitative estimate of drug-likeness (QED) is 0.0787. The summed E-state index contributed by atoms with van der Waals surface area (Å²) in [4.78, 5) is 43.4. The summed E-state index contributed by atoms with van der Waals surface area (Å²) < 4.78 is 0. The topological polar surface area (TPSA) is 90.5 Å². The smallest absolute Gasteiger partial charge is 0.246 e. The molecule has 0 unspecified atom stereocenters. The lowest BCUT2D eigenvalue weighted by molar-refractivity contribution is -0.144. The van der Waals surface area contributed by atoms with Crippen molar-refractivity contribution in [1.82, 2.24) is 20.9 Å². The van der Waals surface area contributed by atoms with E-state index in [0.29, 0.717) is 19.5 Å². The average Bonchev–Trinajstić information content (AvgIpc) is 3.62. The molecule has 3 amide bonds. The van der Waals surface area contributed by atoms with Gasteiger partial charge in [-0.15, -0.1) is 0 Å². The number of amides is 3. The largest absolute Gasteiger partial charge is 0.353 e. The number of thioether (sulfide) groups is 1. The van der Waals surface area contributed by atoms with Gasteiger partial charge in [-0.3, -0.25) is 14.4 Å². The third-order valence-electron chi connectivity index (χ3n) is 11.3. The van der Waals surface area contributed by atoms with Crippen molar-refractivity contribution in [2.75, 3.05) is 25.9 Å². The highest BCUT2D eigenvalue weighted by Gasteiger charge is 2.45. The maximum Gasteiger partial charge on any atom is 0.246 e. The highest BCUT2D eigenvalue weighted by Crippen LogP contribution is 2.32. The summed E-state index contributed by atoms with van der Waals surface area (Å²) in [6.07, 6.45) is 22.3. The Hall–Kier alpha value is -2.84. The van der Waals surface area contributed by atoms with Crippen molar-refractivity contribution in [2.24, 2.45) is 5.41 Å². The van der Waals surface area contributed by atoms with Crippen molar-refractivity contribution in [2.45, 2.75) is 173 Å². The Labute approximate surface area is 339 Å². The zero-order valence-electron chi connectivity index (χ0n) is 35.4. The van der Waals surface area contributed by atoms with Gasteiger partial charge < -0.3 is 20.9 Å². The van der Waals surface area contributed by atoms with Crippen molar-refractivity contribution >= 4 is 29.5 Å². The number of likely N-dealkylation sites (tertiary alicyclic amines) is 1. The summed E-state index contributed by atoms with van der Waals surface area (Å²) in [5.41, 5.74) is 1.73. The third-order valence-corrected chi connectivity index (χ3v) is 12.6. The van der Waals surface area contributed by atoms with Crippen LogP contribution in [-0.4, -0.2) is 71.9 Å². The van der Waals surface area contributed by atoms with Crippen molar-refractivity contribution < 1.29 is 14.4 Å². The molecular formula is C47H76N4O3S. The van der Waals surface area contributed by atoms with E-state index >= 15 is 0 Å². The van der Waals surface area contributed by atoms with Crippen molar-refractivity contribution in [3.63, 3.8) is 0 Å². The fourth-order valence-corrected chi connectivity index (χ4v) is 8.93. The van der Waals surface area contributed by atoms with Crippen molar-refractivity contribution in [1.29, 1.82) is 0 Å². The van der Waals surface area contributed by atoms with E-state index in [1.807, 2.05) is 68.9 Å². The third kappa shape index (κ3) is 17.0. The van der Waals surface area contributed by atoms with Crippen LogP contribution in [-0.2, 0) is 14.4 Å². The number of nitrogens with zero attached hydrogens (tertiary/aromatic N) is 1. The van der Waals surface area contributed by atoms with E-state index in [2.05, 4.69) is 47.1 Å². The van der Waals surface area contributed by atoms with Crippen LogP contribution in [0.4, 0.5) is 0 Å². The number of hydrogen-bond donors (Lipinski definition) is 3. The van der Waals surface area contributed by atoms with Crippen LogP contribution in [0.25, 0.3) is 0 Å². The molecule has 1 heterocycles. The van der Waals surface area contributed by atoms with Gasteiger partial charge in [-0.1, -0.05) is 185 Å². The number of hydrogen-bond acceptors (Lipinski definition) is 5. The van der Waals surface area contributed by atoms with Crippen LogP contribution in [0.5, 0.6) is 0 Å². The lowest BCUT2D eigenvalue weighted by atomic mass is 9.85. The van der Waals surface area contributed by atoms with Crippen LogP contribution in [0.2, 0.25) is 0 Å². The zero-order valence-corrected chi connectivity index (χ0v) is 36.2. The van der Waals surface area contributed by atoms with Gasteiger partial charge in [-0.05, 0) is 49.1 Å². The van der Waals surface area contributed by atoms with E-state index < -0.39 is 23.5 Å². The first-order valence-corrected chi connectivity index (χ1v) is 22.9. The molecular weight excluding hydrogens is 701 g/mol. The highest BCUT2D eigenvalue weighted by molar-refractivity contribution is 7.99. The summed E-state index contributed by atoms with van der Waals surface area (Å²) in [5.74, 6) is 0.485. The standard InChI is InChI=1S/C47H76N4O3S/c1-7-8-9-10-11-12-13-14-15-16-17-18-19-20-21-28-33-55-40-34-42(51(36-40)46(54)43(47(3,4)5)50-44(52)37(2)48-6)45(53)49-35-41(38-29-24-22-25-30-38)39-31-26-23-27-32-39/h22-27,29-32,37,40-43,48H,7-21,28,33-36H2,1-6H3,(H,49,53)(H,50,52)/t37-,40-,42-,43+/m0/s1. The number of benzene rings is 2. The van der Waals surface area contributed by atoms with Crippen molar-refractivity contribution in [3.05, 3.63) is 71.8 Å². The Balaban J connectivity index is 1.53. The van der Waals surface area contributed by atoms with Crippen LogP contribution < -0.4 is 16.0 Å². The Kier molecular flexibility index (Phi) is 22.1. The van der Waals surface area contributed by atoms with E-state index in [1.165, 1.54) is 96.3 Å². The fraction of sp³-hybridized carbons (Fsp3) is 0.681. The Bertz CT molecular complexity index is 1310.